The van der Waals surface area contributed by atoms with Crippen molar-refractivity contribution in [2.45, 2.75) is 20.0 Å². The van der Waals surface area contributed by atoms with Crippen LogP contribution in [0.2, 0.25) is 0 Å². The number of hydrogen-bond acceptors (Lipinski definition) is 7. The number of nitrogens with zero attached hydrogens (tertiary/aromatic N) is 3. The van der Waals surface area contributed by atoms with Gasteiger partial charge in [-0.3, -0.25) is 14.0 Å². The largest absolute Gasteiger partial charge is 0.465 e. The van der Waals surface area contributed by atoms with E-state index in [0.717, 1.165) is 22.4 Å². The molecule has 0 radical (unpaired) electrons. The minimum absolute atomic E-state index is 0.0294. The number of fused-ring (bicyclic) bond motifs is 1. The van der Waals surface area contributed by atoms with E-state index in [1.54, 1.807) is 23.5 Å². The number of hydrogen-bond donors (Lipinski definition) is 3. The number of anilines is 2. The van der Waals surface area contributed by atoms with Crippen molar-refractivity contribution in [3.05, 3.63) is 83.6 Å². The molecule has 2 heterocycles. The zero-order chi connectivity index (χ0) is 26.4. The van der Waals surface area contributed by atoms with Crippen LogP contribution in [0.4, 0.5) is 11.5 Å². The Balaban J connectivity index is 1.69. The number of aromatic nitrogens is 2. The summed E-state index contributed by atoms with van der Waals surface area (Å²) in [7, 11) is 3.95. The second-order valence-electron chi connectivity index (χ2n) is 8.73. The first-order chi connectivity index (χ1) is 17.9. The number of carbonyl (C=O) groups is 2. The summed E-state index contributed by atoms with van der Waals surface area (Å²) in [5, 5.41) is 6.15. The van der Waals surface area contributed by atoms with E-state index in [-0.39, 0.29) is 18.4 Å². The van der Waals surface area contributed by atoms with E-state index < -0.39 is 0 Å². The molecule has 0 aliphatic rings. The third kappa shape index (κ3) is 5.90. The van der Waals surface area contributed by atoms with Gasteiger partial charge in [0.2, 0.25) is 0 Å². The first kappa shape index (κ1) is 25.7. The minimum atomic E-state index is -0.375. The predicted octanol–water partition coefficient (Wildman–Crippen LogP) is 3.43. The summed E-state index contributed by atoms with van der Waals surface area (Å²) >= 11 is 0. The quantitative estimate of drug-likeness (QED) is 0.286. The molecule has 9 nitrogen and oxygen atoms in total. The molecule has 1 amide bonds. The van der Waals surface area contributed by atoms with Gasteiger partial charge in [-0.25, -0.2) is 4.98 Å². The normalized spacial score (nSPS) is 10.8. The van der Waals surface area contributed by atoms with Crippen LogP contribution in [0.25, 0.3) is 16.9 Å². The Bertz CT molecular complexity index is 1400. The molecule has 2 aromatic carbocycles. The number of ether oxygens (including phenoxy) is 1. The van der Waals surface area contributed by atoms with Gasteiger partial charge in [0.05, 0.1) is 12.2 Å². The molecular weight excluding hydrogens is 468 g/mol. The van der Waals surface area contributed by atoms with Crippen molar-refractivity contribution >= 4 is 29.0 Å². The summed E-state index contributed by atoms with van der Waals surface area (Å²) < 4.78 is 6.87. The fourth-order valence-electron chi connectivity index (χ4n) is 4.04. The van der Waals surface area contributed by atoms with Crippen LogP contribution >= 0.6 is 0 Å². The lowest BCUT2D eigenvalue weighted by atomic mass is 10.1. The Morgan fingerprint density at radius 2 is 1.81 bits per heavy atom. The topological polar surface area (TPSA) is 114 Å². The Morgan fingerprint density at radius 3 is 2.51 bits per heavy atom. The highest BCUT2D eigenvalue weighted by Crippen LogP contribution is 2.31. The Hall–Kier alpha value is -4.37. The summed E-state index contributed by atoms with van der Waals surface area (Å²) in [6.07, 6.45) is 1.81. The molecule has 0 fully saturated rings. The van der Waals surface area contributed by atoms with E-state index in [4.69, 9.17) is 15.5 Å². The van der Waals surface area contributed by atoms with Crippen LogP contribution in [-0.4, -0.2) is 48.5 Å². The molecule has 0 unspecified atom stereocenters. The molecule has 0 saturated carbocycles. The second kappa shape index (κ2) is 11.6. The maximum atomic E-state index is 13.2. The molecule has 0 atom stereocenters. The number of benzene rings is 2. The van der Waals surface area contributed by atoms with Gasteiger partial charge < -0.3 is 26.0 Å². The first-order valence-corrected chi connectivity index (χ1v) is 12.2. The van der Waals surface area contributed by atoms with Gasteiger partial charge in [-0.15, -0.1) is 0 Å². The highest BCUT2D eigenvalue weighted by molar-refractivity contribution is 6.01. The van der Waals surface area contributed by atoms with Crippen LogP contribution in [0.1, 0.15) is 28.4 Å². The van der Waals surface area contributed by atoms with Crippen LogP contribution < -0.4 is 21.3 Å². The van der Waals surface area contributed by atoms with Crippen molar-refractivity contribution in [1.82, 2.24) is 14.7 Å². The van der Waals surface area contributed by atoms with Gasteiger partial charge in [0.15, 0.2) is 5.65 Å². The van der Waals surface area contributed by atoms with Gasteiger partial charge in [-0.1, -0.05) is 36.4 Å². The van der Waals surface area contributed by atoms with Gasteiger partial charge in [0.25, 0.3) is 5.91 Å². The maximum Gasteiger partial charge on any atom is 0.325 e. The summed E-state index contributed by atoms with van der Waals surface area (Å²) in [6, 6.07) is 19.3. The van der Waals surface area contributed by atoms with E-state index in [0.29, 0.717) is 42.4 Å². The van der Waals surface area contributed by atoms with E-state index in [9.17, 15) is 9.59 Å². The standard InChI is InChI=1S/C28H32N6O3/c1-4-37-24(35)18-30-27-25(21-10-12-22(13-11-21)33(2)3)32-26-23(9-6-14-34(26)27)28(36)31-17-20-8-5-7-19(15-20)16-29/h5-15,30H,4,16-18,29H2,1-3H3,(H,31,36). The Morgan fingerprint density at radius 1 is 1.05 bits per heavy atom. The SMILES string of the molecule is CCOC(=O)CNc1c(-c2ccc(N(C)C)cc2)nc2c(C(=O)NCc3cccc(CN)c3)cccn12. The van der Waals surface area contributed by atoms with E-state index in [1.807, 2.05) is 73.7 Å². The molecule has 0 spiro atoms. The molecule has 0 bridgehead atoms. The maximum absolute atomic E-state index is 13.2. The van der Waals surface area contributed by atoms with Gasteiger partial charge in [-0.2, -0.15) is 0 Å². The van der Waals surface area contributed by atoms with Crippen LogP contribution in [-0.2, 0) is 22.6 Å². The zero-order valence-electron chi connectivity index (χ0n) is 21.3. The number of esters is 1. The number of imidazole rings is 1. The van der Waals surface area contributed by atoms with Crippen LogP contribution in [0.15, 0.2) is 66.9 Å². The van der Waals surface area contributed by atoms with Gasteiger partial charge >= 0.3 is 5.97 Å². The molecule has 0 aliphatic carbocycles. The Labute approximate surface area is 216 Å². The van der Waals surface area contributed by atoms with Crippen LogP contribution in [0, 0.1) is 0 Å². The van der Waals surface area contributed by atoms with E-state index >= 15 is 0 Å². The molecule has 4 aromatic rings. The van der Waals surface area contributed by atoms with Gasteiger partial charge in [-0.05, 0) is 42.3 Å². The summed E-state index contributed by atoms with van der Waals surface area (Å²) in [6.45, 7) is 2.83. The number of nitrogens with two attached hydrogens (primary N) is 1. The molecule has 0 aliphatic heterocycles. The number of rotatable bonds is 10. The molecule has 37 heavy (non-hydrogen) atoms. The number of carbonyl (C=O) groups excluding carboxylic acids is 2. The average molecular weight is 501 g/mol. The summed E-state index contributed by atoms with van der Waals surface area (Å²) in [5.74, 6) is -0.0221. The molecule has 0 saturated heterocycles. The number of amides is 1. The van der Waals surface area contributed by atoms with Crippen molar-refractivity contribution in [3.63, 3.8) is 0 Å². The molecule has 4 rings (SSSR count). The van der Waals surface area contributed by atoms with Gasteiger partial charge in [0, 0.05) is 44.6 Å². The fraction of sp³-hybridized carbons (Fsp3) is 0.250. The number of pyridine rings is 1. The van der Waals surface area contributed by atoms with Crippen LogP contribution in [0.3, 0.4) is 0 Å². The molecule has 192 valence electrons. The monoisotopic (exact) mass is 500 g/mol. The van der Waals surface area contributed by atoms with Gasteiger partial charge in [0.1, 0.15) is 18.1 Å². The lowest BCUT2D eigenvalue weighted by Crippen LogP contribution is -2.23. The lowest BCUT2D eigenvalue weighted by Gasteiger charge is -2.13. The fourth-order valence-corrected chi connectivity index (χ4v) is 4.04. The Kier molecular flexibility index (Phi) is 8.05. The highest BCUT2D eigenvalue weighted by atomic mass is 16.5. The second-order valence-corrected chi connectivity index (χ2v) is 8.73. The smallest absolute Gasteiger partial charge is 0.325 e. The molecule has 2 aromatic heterocycles. The van der Waals surface area contributed by atoms with Crippen molar-refractivity contribution in [2.75, 3.05) is 37.5 Å². The highest BCUT2D eigenvalue weighted by Gasteiger charge is 2.20. The average Bonchev–Trinajstić information content (AvgIpc) is 3.29. The predicted molar refractivity (Wildman–Crippen MR) is 146 cm³/mol. The third-order valence-electron chi connectivity index (χ3n) is 5.94. The van der Waals surface area contributed by atoms with E-state index in [1.165, 1.54) is 0 Å². The first-order valence-electron chi connectivity index (χ1n) is 12.2. The number of nitrogens with one attached hydrogen (secondary N) is 2. The van der Waals surface area contributed by atoms with Crippen molar-refractivity contribution in [2.24, 2.45) is 5.73 Å². The summed E-state index contributed by atoms with van der Waals surface area (Å²) in [4.78, 5) is 32.2. The minimum Gasteiger partial charge on any atom is -0.465 e. The lowest BCUT2D eigenvalue weighted by molar-refractivity contribution is -0.140. The van der Waals surface area contributed by atoms with Crippen molar-refractivity contribution in [3.8, 4) is 11.3 Å². The summed E-state index contributed by atoms with van der Waals surface area (Å²) in [5.41, 5.74) is 11.1. The molecule has 4 N–H and O–H groups in total. The van der Waals surface area contributed by atoms with Crippen molar-refractivity contribution in [1.29, 1.82) is 0 Å². The third-order valence-corrected chi connectivity index (χ3v) is 5.94. The molecular formula is C28H32N6O3. The van der Waals surface area contributed by atoms with Crippen LogP contribution in [0.5, 0.6) is 0 Å². The van der Waals surface area contributed by atoms with Crippen molar-refractivity contribution < 1.29 is 14.3 Å². The molecule has 9 heteroatoms. The zero-order valence-corrected chi connectivity index (χ0v) is 21.3. The van der Waals surface area contributed by atoms with E-state index in [2.05, 4.69) is 10.6 Å².